The van der Waals surface area contributed by atoms with Crippen molar-refractivity contribution < 1.29 is 22.6 Å². The summed E-state index contributed by atoms with van der Waals surface area (Å²) in [6, 6.07) is 24.6. The van der Waals surface area contributed by atoms with E-state index in [2.05, 4.69) is 46.5 Å². The van der Waals surface area contributed by atoms with Crippen molar-refractivity contribution >= 4 is 0 Å². The SMILES string of the molecule is FC(F)(F)Oc1ccc(CO[C@H]2CNCC[C@@H]2c2cccc(-c3ccccc3)c2)cc1. The Bertz CT molecular complexity index is 974. The second kappa shape index (κ2) is 9.54. The van der Waals surface area contributed by atoms with E-state index in [0.29, 0.717) is 6.61 Å². The smallest absolute Gasteiger partial charge is 0.406 e. The van der Waals surface area contributed by atoms with Gasteiger partial charge in [0.05, 0.1) is 12.7 Å². The molecule has 31 heavy (non-hydrogen) atoms. The largest absolute Gasteiger partial charge is 0.573 e. The second-order valence-electron chi connectivity index (χ2n) is 7.63. The summed E-state index contributed by atoms with van der Waals surface area (Å²) in [6.07, 6.45) is -3.75. The Morgan fingerprint density at radius 2 is 1.61 bits per heavy atom. The van der Waals surface area contributed by atoms with Gasteiger partial charge in [0.1, 0.15) is 5.75 Å². The topological polar surface area (TPSA) is 30.5 Å². The Kier molecular flexibility index (Phi) is 6.59. The van der Waals surface area contributed by atoms with Crippen LogP contribution >= 0.6 is 0 Å². The molecule has 1 N–H and O–H groups in total. The minimum Gasteiger partial charge on any atom is -0.406 e. The summed E-state index contributed by atoms with van der Waals surface area (Å²) in [7, 11) is 0. The molecule has 162 valence electrons. The molecule has 0 radical (unpaired) electrons. The highest BCUT2D eigenvalue weighted by Gasteiger charge is 2.31. The average molecular weight is 427 g/mol. The molecule has 3 aromatic rings. The van der Waals surface area contributed by atoms with Crippen molar-refractivity contribution in [1.29, 1.82) is 0 Å². The molecule has 1 heterocycles. The van der Waals surface area contributed by atoms with Gasteiger partial charge < -0.3 is 14.8 Å². The fraction of sp³-hybridized carbons (Fsp3) is 0.280. The molecule has 4 rings (SSSR count). The van der Waals surface area contributed by atoms with Crippen molar-refractivity contribution in [2.45, 2.75) is 31.4 Å². The van der Waals surface area contributed by atoms with Gasteiger partial charge in [-0.05, 0) is 47.4 Å². The van der Waals surface area contributed by atoms with E-state index in [9.17, 15) is 13.2 Å². The summed E-state index contributed by atoms with van der Waals surface area (Å²) in [4.78, 5) is 0. The van der Waals surface area contributed by atoms with Crippen molar-refractivity contribution in [2.24, 2.45) is 0 Å². The lowest BCUT2D eigenvalue weighted by atomic mass is 9.86. The Hall–Kier alpha value is -2.83. The summed E-state index contributed by atoms with van der Waals surface area (Å²) in [5, 5.41) is 3.38. The van der Waals surface area contributed by atoms with Crippen LogP contribution < -0.4 is 10.1 Å². The third-order valence-electron chi connectivity index (χ3n) is 5.47. The number of nitrogens with one attached hydrogen (secondary N) is 1. The van der Waals surface area contributed by atoms with Gasteiger partial charge >= 0.3 is 6.36 Å². The maximum Gasteiger partial charge on any atom is 0.573 e. The number of piperidine rings is 1. The van der Waals surface area contributed by atoms with Crippen LogP contribution in [0.4, 0.5) is 13.2 Å². The molecule has 6 heteroatoms. The van der Waals surface area contributed by atoms with E-state index in [1.54, 1.807) is 12.1 Å². The lowest BCUT2D eigenvalue weighted by molar-refractivity contribution is -0.274. The highest BCUT2D eigenvalue weighted by atomic mass is 19.4. The van der Waals surface area contributed by atoms with Crippen LogP contribution in [0.5, 0.6) is 5.75 Å². The number of alkyl halides is 3. The molecule has 0 spiro atoms. The van der Waals surface area contributed by atoms with E-state index < -0.39 is 6.36 Å². The lowest BCUT2D eigenvalue weighted by Crippen LogP contribution is -2.41. The maximum absolute atomic E-state index is 12.3. The fourth-order valence-electron chi connectivity index (χ4n) is 3.96. The molecule has 1 fully saturated rings. The van der Waals surface area contributed by atoms with Crippen molar-refractivity contribution in [3.63, 3.8) is 0 Å². The predicted molar refractivity (Wildman–Crippen MR) is 114 cm³/mol. The van der Waals surface area contributed by atoms with Gasteiger partial charge in [0.15, 0.2) is 0 Å². The van der Waals surface area contributed by atoms with Crippen LogP contribution in [0.25, 0.3) is 11.1 Å². The zero-order chi connectivity index (χ0) is 21.7. The van der Waals surface area contributed by atoms with Crippen molar-refractivity contribution in [3.05, 3.63) is 90.0 Å². The van der Waals surface area contributed by atoms with Gasteiger partial charge in [-0.25, -0.2) is 0 Å². The summed E-state index contributed by atoms with van der Waals surface area (Å²) in [5.74, 6) is 0.0175. The molecule has 0 aromatic heterocycles. The normalized spacial score (nSPS) is 19.2. The average Bonchev–Trinajstić information content (AvgIpc) is 2.78. The lowest BCUT2D eigenvalue weighted by Gasteiger charge is -2.33. The van der Waals surface area contributed by atoms with Crippen LogP contribution in [-0.4, -0.2) is 25.6 Å². The highest BCUT2D eigenvalue weighted by Crippen LogP contribution is 2.31. The van der Waals surface area contributed by atoms with Crippen LogP contribution in [0.1, 0.15) is 23.5 Å². The zero-order valence-electron chi connectivity index (χ0n) is 16.9. The van der Waals surface area contributed by atoms with Crippen molar-refractivity contribution in [1.82, 2.24) is 5.32 Å². The summed E-state index contributed by atoms with van der Waals surface area (Å²) < 4.78 is 47.1. The first kappa shape index (κ1) is 21.4. The Balaban J connectivity index is 1.44. The van der Waals surface area contributed by atoms with Crippen LogP contribution in [0, 0.1) is 0 Å². The van der Waals surface area contributed by atoms with Gasteiger partial charge in [0.25, 0.3) is 0 Å². The summed E-state index contributed by atoms with van der Waals surface area (Å²) in [5.41, 5.74) is 4.39. The van der Waals surface area contributed by atoms with Gasteiger partial charge in [-0.1, -0.05) is 66.7 Å². The van der Waals surface area contributed by atoms with Crippen LogP contribution in [0.2, 0.25) is 0 Å². The van der Waals surface area contributed by atoms with Gasteiger partial charge in [-0.3, -0.25) is 0 Å². The van der Waals surface area contributed by atoms with E-state index >= 15 is 0 Å². The number of rotatable bonds is 6. The number of benzene rings is 3. The van der Waals surface area contributed by atoms with E-state index in [4.69, 9.17) is 4.74 Å². The van der Waals surface area contributed by atoms with Crippen LogP contribution in [0.15, 0.2) is 78.9 Å². The number of hydrogen-bond donors (Lipinski definition) is 1. The molecule has 0 saturated carbocycles. The van der Waals surface area contributed by atoms with Crippen LogP contribution in [-0.2, 0) is 11.3 Å². The molecule has 0 unspecified atom stereocenters. The minimum absolute atomic E-state index is 0.0223. The van der Waals surface area contributed by atoms with E-state index in [1.807, 2.05) is 18.2 Å². The Morgan fingerprint density at radius 1 is 0.871 bits per heavy atom. The fourth-order valence-corrected chi connectivity index (χ4v) is 3.96. The first-order valence-electron chi connectivity index (χ1n) is 10.3. The number of halogens is 3. The van der Waals surface area contributed by atoms with Gasteiger partial charge in [0.2, 0.25) is 0 Å². The van der Waals surface area contributed by atoms with Crippen molar-refractivity contribution in [2.75, 3.05) is 13.1 Å². The summed E-state index contributed by atoms with van der Waals surface area (Å²) >= 11 is 0. The van der Waals surface area contributed by atoms with E-state index in [-0.39, 0.29) is 17.8 Å². The standard InChI is InChI=1S/C25H24F3NO2/c26-25(27,28)31-22-11-9-18(10-12-22)17-30-24-16-29-14-13-23(24)21-8-4-7-20(15-21)19-5-2-1-3-6-19/h1-12,15,23-24,29H,13-14,16-17H2/t23-,24+/m1/s1. The molecule has 3 aromatic carbocycles. The molecule has 2 atom stereocenters. The molecule has 0 amide bonds. The Labute approximate surface area is 179 Å². The Morgan fingerprint density at radius 3 is 2.35 bits per heavy atom. The molecule has 3 nitrogen and oxygen atoms in total. The first-order chi connectivity index (χ1) is 15.0. The van der Waals surface area contributed by atoms with Gasteiger partial charge in [0, 0.05) is 12.5 Å². The molecule has 1 saturated heterocycles. The predicted octanol–water partition coefficient (Wildman–Crippen LogP) is 5.91. The number of ether oxygens (including phenoxy) is 2. The molecular weight excluding hydrogens is 403 g/mol. The maximum atomic E-state index is 12.3. The minimum atomic E-state index is -4.69. The van der Waals surface area contributed by atoms with E-state index in [0.717, 1.165) is 25.1 Å². The zero-order valence-corrected chi connectivity index (χ0v) is 16.9. The van der Waals surface area contributed by atoms with Gasteiger partial charge in [-0.2, -0.15) is 0 Å². The quantitative estimate of drug-likeness (QED) is 0.530. The second-order valence-corrected chi connectivity index (χ2v) is 7.63. The summed E-state index contributed by atoms with van der Waals surface area (Å²) in [6.45, 7) is 1.98. The third-order valence-corrected chi connectivity index (χ3v) is 5.47. The van der Waals surface area contributed by atoms with E-state index in [1.165, 1.54) is 28.8 Å². The highest BCUT2D eigenvalue weighted by molar-refractivity contribution is 5.64. The third kappa shape index (κ3) is 5.87. The number of hydrogen-bond acceptors (Lipinski definition) is 3. The van der Waals surface area contributed by atoms with Gasteiger partial charge in [-0.15, -0.1) is 13.2 Å². The molecule has 0 bridgehead atoms. The van der Waals surface area contributed by atoms with Crippen molar-refractivity contribution in [3.8, 4) is 16.9 Å². The first-order valence-corrected chi connectivity index (χ1v) is 10.3. The molecular formula is C25H24F3NO2. The molecule has 0 aliphatic carbocycles. The molecule has 1 aliphatic heterocycles. The molecule has 1 aliphatic rings. The monoisotopic (exact) mass is 427 g/mol. The van der Waals surface area contributed by atoms with Crippen LogP contribution in [0.3, 0.4) is 0 Å².